The molecular weight excluding hydrogens is 170 g/mol. The summed E-state index contributed by atoms with van der Waals surface area (Å²) in [5.41, 5.74) is -0.0163. The highest BCUT2D eigenvalue weighted by Crippen LogP contribution is 2.17. The molecule has 3 N–H and O–H groups in total. The Bertz CT molecular complexity index is 187. The third kappa shape index (κ3) is 7.33. The molecule has 0 saturated carbocycles. The lowest BCUT2D eigenvalue weighted by molar-refractivity contribution is -0.131. The quantitative estimate of drug-likeness (QED) is 0.532. The third-order valence-corrected chi connectivity index (χ3v) is 1.71. The van der Waals surface area contributed by atoms with E-state index in [2.05, 4.69) is 5.32 Å². The SMILES string of the molecule is CC(C)(CCO)CN/C=C/C(=O)O. The van der Waals surface area contributed by atoms with Crippen molar-refractivity contribution in [3.63, 3.8) is 0 Å². The van der Waals surface area contributed by atoms with Crippen LogP contribution in [0.4, 0.5) is 0 Å². The zero-order valence-corrected chi connectivity index (χ0v) is 8.08. The van der Waals surface area contributed by atoms with Crippen molar-refractivity contribution in [2.75, 3.05) is 13.2 Å². The van der Waals surface area contributed by atoms with Crippen LogP contribution in [-0.2, 0) is 4.79 Å². The van der Waals surface area contributed by atoms with Gasteiger partial charge in [-0.05, 0) is 11.8 Å². The lowest BCUT2D eigenvalue weighted by atomic mass is 9.90. The van der Waals surface area contributed by atoms with Crippen LogP contribution in [0.15, 0.2) is 12.3 Å². The monoisotopic (exact) mass is 187 g/mol. The number of carboxylic acids is 1. The van der Waals surface area contributed by atoms with E-state index in [9.17, 15) is 4.79 Å². The molecule has 4 heteroatoms. The smallest absolute Gasteiger partial charge is 0.329 e. The van der Waals surface area contributed by atoms with Crippen LogP contribution in [0.3, 0.4) is 0 Å². The first-order valence-electron chi connectivity index (χ1n) is 4.22. The molecule has 0 rings (SSSR count). The third-order valence-electron chi connectivity index (χ3n) is 1.71. The van der Waals surface area contributed by atoms with E-state index in [1.807, 2.05) is 13.8 Å². The highest BCUT2D eigenvalue weighted by molar-refractivity contribution is 5.79. The topological polar surface area (TPSA) is 69.6 Å². The van der Waals surface area contributed by atoms with Crippen LogP contribution < -0.4 is 5.32 Å². The van der Waals surface area contributed by atoms with E-state index in [1.165, 1.54) is 6.20 Å². The molecule has 0 aliphatic rings. The fourth-order valence-electron chi connectivity index (χ4n) is 0.856. The number of aliphatic hydroxyl groups is 1. The Morgan fingerprint density at radius 1 is 1.54 bits per heavy atom. The summed E-state index contributed by atoms with van der Waals surface area (Å²) in [6.45, 7) is 4.81. The van der Waals surface area contributed by atoms with Crippen molar-refractivity contribution in [2.24, 2.45) is 5.41 Å². The van der Waals surface area contributed by atoms with Crippen molar-refractivity contribution >= 4 is 5.97 Å². The standard InChI is InChI=1S/C9H17NO3/c1-9(2,4-6-11)7-10-5-3-8(12)13/h3,5,10-11H,4,6-7H2,1-2H3,(H,12,13)/b5-3+. The maximum absolute atomic E-state index is 10.1. The zero-order chi connectivity index (χ0) is 10.3. The predicted molar refractivity (Wildman–Crippen MR) is 50.3 cm³/mol. The zero-order valence-electron chi connectivity index (χ0n) is 8.08. The Morgan fingerprint density at radius 2 is 2.15 bits per heavy atom. The number of hydrogen-bond donors (Lipinski definition) is 3. The molecule has 0 aromatic heterocycles. The van der Waals surface area contributed by atoms with Crippen molar-refractivity contribution in [1.29, 1.82) is 0 Å². The number of nitrogens with one attached hydrogen (secondary N) is 1. The van der Waals surface area contributed by atoms with Crippen LogP contribution in [0.5, 0.6) is 0 Å². The summed E-state index contributed by atoms with van der Waals surface area (Å²) in [4.78, 5) is 10.1. The normalized spacial score (nSPS) is 11.9. The summed E-state index contributed by atoms with van der Waals surface area (Å²) in [7, 11) is 0. The van der Waals surface area contributed by atoms with Gasteiger partial charge in [0.05, 0.1) is 0 Å². The van der Waals surface area contributed by atoms with Crippen molar-refractivity contribution in [3.8, 4) is 0 Å². The maximum atomic E-state index is 10.1. The van der Waals surface area contributed by atoms with Gasteiger partial charge in [0, 0.05) is 25.4 Å². The molecule has 0 unspecified atom stereocenters. The summed E-state index contributed by atoms with van der Waals surface area (Å²) in [6, 6.07) is 0. The molecule has 4 nitrogen and oxygen atoms in total. The van der Waals surface area contributed by atoms with Gasteiger partial charge < -0.3 is 15.5 Å². The molecule has 0 fully saturated rings. The van der Waals surface area contributed by atoms with Gasteiger partial charge in [0.15, 0.2) is 0 Å². The lowest BCUT2D eigenvalue weighted by Gasteiger charge is -2.23. The van der Waals surface area contributed by atoms with Gasteiger partial charge >= 0.3 is 5.97 Å². The molecule has 0 saturated heterocycles. The molecule has 0 atom stereocenters. The highest BCUT2D eigenvalue weighted by atomic mass is 16.4. The average Bonchev–Trinajstić information content (AvgIpc) is 1.98. The van der Waals surface area contributed by atoms with Crippen molar-refractivity contribution in [1.82, 2.24) is 5.32 Å². The first-order valence-corrected chi connectivity index (χ1v) is 4.22. The number of hydrogen-bond acceptors (Lipinski definition) is 3. The van der Waals surface area contributed by atoms with Gasteiger partial charge in [-0.2, -0.15) is 0 Å². The van der Waals surface area contributed by atoms with E-state index in [1.54, 1.807) is 0 Å². The highest BCUT2D eigenvalue weighted by Gasteiger charge is 2.15. The predicted octanol–water partition coefficient (Wildman–Crippen LogP) is 0.583. The number of carboxylic acid groups (broad SMARTS) is 1. The van der Waals surface area contributed by atoms with Crippen LogP contribution in [0.1, 0.15) is 20.3 Å². The van der Waals surface area contributed by atoms with Crippen LogP contribution >= 0.6 is 0 Å². The van der Waals surface area contributed by atoms with Crippen molar-refractivity contribution in [3.05, 3.63) is 12.3 Å². The Kier molecular flexibility index (Phi) is 5.14. The second kappa shape index (κ2) is 5.59. The van der Waals surface area contributed by atoms with Gasteiger partial charge in [-0.15, -0.1) is 0 Å². The van der Waals surface area contributed by atoms with Crippen molar-refractivity contribution in [2.45, 2.75) is 20.3 Å². The fraction of sp³-hybridized carbons (Fsp3) is 0.667. The molecule has 13 heavy (non-hydrogen) atoms. The second-order valence-corrected chi connectivity index (χ2v) is 3.69. The molecule has 0 radical (unpaired) electrons. The largest absolute Gasteiger partial charge is 0.478 e. The molecule has 0 amide bonds. The number of carbonyl (C=O) groups is 1. The number of aliphatic hydroxyl groups excluding tert-OH is 1. The number of rotatable bonds is 6. The molecular formula is C9H17NO3. The molecule has 0 aromatic carbocycles. The Labute approximate surface area is 78.3 Å². The van der Waals surface area contributed by atoms with Crippen molar-refractivity contribution < 1.29 is 15.0 Å². The van der Waals surface area contributed by atoms with Gasteiger partial charge in [-0.3, -0.25) is 0 Å². The molecule has 0 aromatic rings. The molecule has 0 aliphatic carbocycles. The molecule has 0 aliphatic heterocycles. The Balaban J connectivity index is 3.68. The lowest BCUT2D eigenvalue weighted by Crippen LogP contribution is -2.27. The fourth-order valence-corrected chi connectivity index (χ4v) is 0.856. The summed E-state index contributed by atoms with van der Waals surface area (Å²) in [5.74, 6) is -0.965. The van der Waals surface area contributed by atoms with Gasteiger partial charge in [0.1, 0.15) is 0 Å². The van der Waals surface area contributed by atoms with E-state index in [-0.39, 0.29) is 12.0 Å². The number of aliphatic carboxylic acids is 1. The van der Waals surface area contributed by atoms with E-state index >= 15 is 0 Å². The van der Waals surface area contributed by atoms with E-state index < -0.39 is 5.97 Å². The molecule has 0 spiro atoms. The van der Waals surface area contributed by atoms with Crippen LogP contribution in [0.2, 0.25) is 0 Å². The minimum absolute atomic E-state index is 0.0163. The van der Waals surface area contributed by atoms with Gasteiger partial charge in [0.2, 0.25) is 0 Å². The molecule has 76 valence electrons. The second-order valence-electron chi connectivity index (χ2n) is 3.69. The first kappa shape index (κ1) is 12.0. The summed E-state index contributed by atoms with van der Waals surface area (Å²) >= 11 is 0. The van der Waals surface area contributed by atoms with Gasteiger partial charge in [-0.25, -0.2) is 4.79 Å². The molecule has 0 bridgehead atoms. The van der Waals surface area contributed by atoms with E-state index in [0.29, 0.717) is 13.0 Å². The minimum Gasteiger partial charge on any atom is -0.478 e. The average molecular weight is 187 g/mol. The van der Waals surface area contributed by atoms with Gasteiger partial charge in [-0.1, -0.05) is 13.8 Å². The summed E-state index contributed by atoms with van der Waals surface area (Å²) in [5, 5.41) is 19.9. The summed E-state index contributed by atoms with van der Waals surface area (Å²) in [6.07, 6.45) is 3.15. The maximum Gasteiger partial charge on any atom is 0.329 e. The first-order chi connectivity index (χ1) is 5.98. The van der Waals surface area contributed by atoms with Crippen LogP contribution in [-0.4, -0.2) is 29.3 Å². The Morgan fingerprint density at radius 3 is 2.62 bits per heavy atom. The molecule has 0 heterocycles. The van der Waals surface area contributed by atoms with Crippen LogP contribution in [0, 0.1) is 5.41 Å². The van der Waals surface area contributed by atoms with E-state index in [0.717, 1.165) is 6.08 Å². The Hall–Kier alpha value is -1.03. The van der Waals surface area contributed by atoms with Crippen LogP contribution in [0.25, 0.3) is 0 Å². The minimum atomic E-state index is -0.965. The van der Waals surface area contributed by atoms with E-state index in [4.69, 9.17) is 10.2 Å². The van der Waals surface area contributed by atoms with Gasteiger partial charge in [0.25, 0.3) is 0 Å². The summed E-state index contributed by atoms with van der Waals surface area (Å²) < 4.78 is 0.